The van der Waals surface area contributed by atoms with E-state index in [-0.39, 0.29) is 12.5 Å². The van der Waals surface area contributed by atoms with Crippen molar-refractivity contribution >= 4 is 44.1 Å². The van der Waals surface area contributed by atoms with Gasteiger partial charge in [-0.15, -0.1) is 11.3 Å². The molecule has 0 saturated carbocycles. The van der Waals surface area contributed by atoms with Crippen LogP contribution in [0.4, 0.5) is 5.00 Å². The topological polar surface area (TPSA) is 55.4 Å². The van der Waals surface area contributed by atoms with Crippen LogP contribution in [-0.2, 0) is 11.2 Å². The minimum Gasteiger partial charge on any atom is -0.462 e. The largest absolute Gasteiger partial charge is 0.462 e. The van der Waals surface area contributed by atoms with Gasteiger partial charge < -0.3 is 10.1 Å². The Bertz CT molecular complexity index is 995. The Morgan fingerprint density at radius 1 is 1.07 bits per heavy atom. The van der Waals surface area contributed by atoms with Crippen molar-refractivity contribution < 1.29 is 14.3 Å². The summed E-state index contributed by atoms with van der Waals surface area (Å²) in [6.07, 6.45) is 0.946. The molecule has 0 fully saturated rings. The first kappa shape index (κ1) is 20.3. The van der Waals surface area contributed by atoms with Crippen LogP contribution >= 0.6 is 27.3 Å². The fourth-order valence-corrected chi connectivity index (χ4v) is 4.22. The number of aryl methyl sites for hydroxylation is 1. The number of carbonyl (C=O) groups is 2. The van der Waals surface area contributed by atoms with Gasteiger partial charge in [-0.05, 0) is 52.5 Å². The zero-order valence-corrected chi connectivity index (χ0v) is 18.0. The highest BCUT2D eigenvalue weighted by molar-refractivity contribution is 9.10. The quantitative estimate of drug-likeness (QED) is 0.450. The summed E-state index contributed by atoms with van der Waals surface area (Å²) in [5.74, 6) is -0.728. The van der Waals surface area contributed by atoms with Crippen molar-refractivity contribution in [1.29, 1.82) is 0 Å². The average Bonchev–Trinajstić information content (AvgIpc) is 3.12. The van der Waals surface area contributed by atoms with Gasteiger partial charge in [-0.3, -0.25) is 4.79 Å². The third-order valence-electron chi connectivity index (χ3n) is 4.29. The zero-order valence-electron chi connectivity index (χ0n) is 15.6. The van der Waals surface area contributed by atoms with Crippen molar-refractivity contribution in [2.75, 3.05) is 11.9 Å². The summed E-state index contributed by atoms with van der Waals surface area (Å²) in [6, 6.07) is 15.2. The Balaban J connectivity index is 1.99. The van der Waals surface area contributed by atoms with Crippen LogP contribution in [0.15, 0.2) is 58.4 Å². The van der Waals surface area contributed by atoms with Crippen molar-refractivity contribution in [1.82, 2.24) is 0 Å². The Kier molecular flexibility index (Phi) is 6.65. The van der Waals surface area contributed by atoms with Gasteiger partial charge >= 0.3 is 5.97 Å². The molecule has 3 aromatic rings. The number of esters is 1. The molecule has 1 heterocycles. The molecular weight excluding hydrogens is 438 g/mol. The summed E-state index contributed by atoms with van der Waals surface area (Å²) in [6.45, 7) is 4.12. The molecule has 0 aliphatic heterocycles. The maximum atomic E-state index is 12.7. The summed E-state index contributed by atoms with van der Waals surface area (Å²) in [5.41, 5.74) is 3.78. The lowest BCUT2D eigenvalue weighted by molar-refractivity contribution is 0.0529. The second-order valence-electron chi connectivity index (χ2n) is 6.06. The number of halogens is 1. The maximum Gasteiger partial charge on any atom is 0.341 e. The molecule has 0 saturated heterocycles. The van der Waals surface area contributed by atoms with E-state index in [1.54, 1.807) is 25.1 Å². The van der Waals surface area contributed by atoms with E-state index in [0.29, 0.717) is 20.6 Å². The number of benzene rings is 2. The van der Waals surface area contributed by atoms with Crippen LogP contribution in [0.25, 0.3) is 11.1 Å². The third-order valence-corrected chi connectivity index (χ3v) is 5.88. The van der Waals surface area contributed by atoms with Crippen molar-refractivity contribution in [3.8, 4) is 11.1 Å². The third kappa shape index (κ3) is 4.34. The highest BCUT2D eigenvalue weighted by atomic mass is 79.9. The van der Waals surface area contributed by atoms with Gasteiger partial charge in [0.1, 0.15) is 10.6 Å². The molecule has 3 rings (SSSR count). The van der Waals surface area contributed by atoms with Crippen LogP contribution in [0.5, 0.6) is 0 Å². The van der Waals surface area contributed by atoms with Gasteiger partial charge in [-0.2, -0.15) is 0 Å². The summed E-state index contributed by atoms with van der Waals surface area (Å²) in [4.78, 5) is 25.4. The smallest absolute Gasteiger partial charge is 0.341 e. The van der Waals surface area contributed by atoms with E-state index < -0.39 is 5.97 Å². The van der Waals surface area contributed by atoms with Crippen molar-refractivity contribution in [2.45, 2.75) is 20.3 Å². The predicted octanol–water partition coefficient (Wildman–Crippen LogP) is 6.17. The highest BCUT2D eigenvalue weighted by Gasteiger charge is 2.23. The lowest BCUT2D eigenvalue weighted by Gasteiger charge is -2.10. The molecule has 1 N–H and O–H groups in total. The lowest BCUT2D eigenvalue weighted by Crippen LogP contribution is -2.15. The second kappa shape index (κ2) is 9.17. The number of hydrogen-bond acceptors (Lipinski definition) is 4. The first-order chi connectivity index (χ1) is 13.5. The van der Waals surface area contributed by atoms with Gasteiger partial charge in [0, 0.05) is 15.4 Å². The number of hydrogen-bond donors (Lipinski definition) is 1. The minimum absolute atomic E-state index is 0.264. The van der Waals surface area contributed by atoms with E-state index in [2.05, 4.69) is 28.2 Å². The molecule has 0 radical (unpaired) electrons. The lowest BCUT2D eigenvalue weighted by atomic mass is 10.0. The Labute approximate surface area is 176 Å². The molecule has 0 aliphatic carbocycles. The molecule has 144 valence electrons. The molecule has 0 bridgehead atoms. The van der Waals surface area contributed by atoms with Crippen LogP contribution in [-0.4, -0.2) is 18.5 Å². The van der Waals surface area contributed by atoms with E-state index in [0.717, 1.165) is 17.5 Å². The molecule has 0 aliphatic rings. The van der Waals surface area contributed by atoms with Crippen LogP contribution in [0.1, 0.15) is 40.1 Å². The Morgan fingerprint density at radius 3 is 2.43 bits per heavy atom. The van der Waals surface area contributed by atoms with Crippen LogP contribution in [0.3, 0.4) is 0 Å². The van der Waals surface area contributed by atoms with E-state index in [1.165, 1.54) is 16.9 Å². The number of nitrogens with one attached hydrogen (secondary N) is 1. The van der Waals surface area contributed by atoms with Gasteiger partial charge in [0.05, 0.1) is 12.2 Å². The Morgan fingerprint density at radius 2 is 1.79 bits per heavy atom. The van der Waals surface area contributed by atoms with E-state index in [4.69, 9.17) is 4.74 Å². The van der Waals surface area contributed by atoms with Gasteiger partial charge in [0.15, 0.2) is 0 Å². The number of anilines is 1. The second-order valence-corrected chi connectivity index (χ2v) is 7.79. The van der Waals surface area contributed by atoms with E-state index >= 15 is 0 Å². The fourth-order valence-electron chi connectivity index (χ4n) is 2.80. The van der Waals surface area contributed by atoms with Crippen molar-refractivity contribution in [3.05, 3.63) is 75.1 Å². The predicted molar refractivity (Wildman–Crippen MR) is 117 cm³/mol. The first-order valence-corrected chi connectivity index (χ1v) is 10.7. The number of rotatable bonds is 6. The maximum absolute atomic E-state index is 12.7. The van der Waals surface area contributed by atoms with Crippen LogP contribution < -0.4 is 5.32 Å². The minimum atomic E-state index is -0.444. The first-order valence-electron chi connectivity index (χ1n) is 8.99. The summed E-state index contributed by atoms with van der Waals surface area (Å²) < 4.78 is 5.94. The molecule has 1 amide bonds. The number of thiophene rings is 1. The molecule has 28 heavy (non-hydrogen) atoms. The zero-order chi connectivity index (χ0) is 20.1. The number of ether oxygens (including phenoxy) is 1. The van der Waals surface area contributed by atoms with Gasteiger partial charge in [-0.25, -0.2) is 4.79 Å². The normalized spacial score (nSPS) is 10.5. The number of carbonyl (C=O) groups excluding carboxylic acids is 2. The molecule has 6 heteroatoms. The van der Waals surface area contributed by atoms with Crippen LogP contribution in [0, 0.1) is 0 Å². The summed E-state index contributed by atoms with van der Waals surface area (Å²) >= 11 is 4.70. The molecular formula is C22H20BrNO3S. The molecule has 1 aromatic heterocycles. The SMILES string of the molecule is CCOC(=O)c1c(-c2ccc(CC)cc2)csc1NC(=O)c1ccccc1Br. The highest BCUT2D eigenvalue weighted by Crippen LogP contribution is 2.37. The standard InChI is InChI=1S/C22H20BrNO3S/c1-3-14-9-11-15(12-10-14)17-13-28-21(19(17)22(26)27-4-2)24-20(25)16-7-5-6-8-18(16)23/h5-13H,3-4H2,1-2H3,(H,24,25). The van der Waals surface area contributed by atoms with Gasteiger partial charge in [0.25, 0.3) is 5.91 Å². The fraction of sp³-hybridized carbons (Fsp3) is 0.182. The van der Waals surface area contributed by atoms with Gasteiger partial charge in [0.2, 0.25) is 0 Å². The summed E-state index contributed by atoms with van der Waals surface area (Å²) in [7, 11) is 0. The van der Waals surface area contributed by atoms with Crippen LogP contribution in [0.2, 0.25) is 0 Å². The molecule has 4 nitrogen and oxygen atoms in total. The molecule has 0 unspecified atom stereocenters. The van der Waals surface area contributed by atoms with Gasteiger partial charge in [-0.1, -0.05) is 43.3 Å². The average molecular weight is 458 g/mol. The molecule has 0 spiro atoms. The van der Waals surface area contributed by atoms with E-state index in [9.17, 15) is 9.59 Å². The van der Waals surface area contributed by atoms with Crippen molar-refractivity contribution in [2.24, 2.45) is 0 Å². The number of amides is 1. The van der Waals surface area contributed by atoms with E-state index in [1.807, 2.05) is 35.7 Å². The molecule has 2 aromatic carbocycles. The Hall–Kier alpha value is -2.44. The molecule has 0 atom stereocenters. The summed E-state index contributed by atoms with van der Waals surface area (Å²) in [5, 5.41) is 5.23. The van der Waals surface area contributed by atoms with Crippen molar-refractivity contribution in [3.63, 3.8) is 0 Å². The monoisotopic (exact) mass is 457 g/mol.